The summed E-state index contributed by atoms with van der Waals surface area (Å²) in [5.41, 5.74) is 0. The van der Waals surface area contributed by atoms with Crippen LogP contribution in [0.3, 0.4) is 0 Å². The number of piperazine rings is 1. The molecule has 10 nitrogen and oxygen atoms in total. The predicted molar refractivity (Wildman–Crippen MR) is 117 cm³/mol. The van der Waals surface area contributed by atoms with Gasteiger partial charge in [-0.15, -0.1) is 0 Å². The lowest BCUT2D eigenvalue weighted by atomic mass is 10.4. The zero-order valence-electron chi connectivity index (χ0n) is 17.8. The number of sulfonamides is 2. The first-order valence-corrected chi connectivity index (χ1v) is 14.7. The van der Waals surface area contributed by atoms with Crippen LogP contribution in [0, 0.1) is 0 Å². The molecule has 0 unspecified atom stereocenters. The third-order valence-corrected chi connectivity index (χ3v) is 11.7. The molecule has 0 amide bonds. The molecule has 3 rings (SSSR count). The van der Waals surface area contributed by atoms with Crippen molar-refractivity contribution < 1.29 is 25.3 Å². The smallest absolute Gasteiger partial charge is 0.207 e. The molecule has 2 heterocycles. The highest BCUT2D eigenvalue weighted by Crippen LogP contribution is 2.24. The van der Waals surface area contributed by atoms with Crippen LogP contribution in [0.15, 0.2) is 34.1 Å². The van der Waals surface area contributed by atoms with Crippen molar-refractivity contribution in [1.82, 2.24) is 17.2 Å². The third-order valence-electron chi connectivity index (χ3n) is 5.72. The molecule has 0 radical (unpaired) electrons. The SMILES string of the molecule is CCN(CC)S(=O)(=O)N1CCN(S(=O)(=O)c2ccc(S(=O)(=O)N3CCCC3)cc2)CC1. The summed E-state index contributed by atoms with van der Waals surface area (Å²) in [6, 6.07) is 5.25. The van der Waals surface area contributed by atoms with Crippen LogP contribution in [-0.2, 0) is 30.3 Å². The summed E-state index contributed by atoms with van der Waals surface area (Å²) < 4.78 is 81.8. The van der Waals surface area contributed by atoms with Crippen molar-refractivity contribution in [2.45, 2.75) is 36.5 Å². The summed E-state index contributed by atoms with van der Waals surface area (Å²) >= 11 is 0. The maximum absolute atomic E-state index is 13.0. The van der Waals surface area contributed by atoms with E-state index < -0.39 is 30.3 Å². The number of nitrogens with zero attached hydrogens (tertiary/aromatic N) is 4. The predicted octanol–water partition coefficient (Wildman–Crippen LogP) is 0.364. The van der Waals surface area contributed by atoms with Gasteiger partial charge >= 0.3 is 0 Å². The minimum Gasteiger partial charge on any atom is -0.207 e. The Hall–Kier alpha value is -1.09. The van der Waals surface area contributed by atoms with E-state index in [0.29, 0.717) is 26.2 Å². The van der Waals surface area contributed by atoms with E-state index in [1.165, 1.54) is 41.5 Å². The molecule has 2 aliphatic rings. The molecular weight excluding hydrogens is 464 g/mol. The maximum Gasteiger partial charge on any atom is 0.282 e. The fourth-order valence-electron chi connectivity index (χ4n) is 3.86. The summed E-state index contributed by atoms with van der Waals surface area (Å²) in [5, 5.41) is 0. The Morgan fingerprint density at radius 3 is 1.39 bits per heavy atom. The number of benzene rings is 1. The summed E-state index contributed by atoms with van der Waals surface area (Å²) in [6.07, 6.45) is 1.64. The quantitative estimate of drug-likeness (QED) is 0.515. The fraction of sp³-hybridized carbons (Fsp3) is 0.667. The first-order chi connectivity index (χ1) is 14.5. The van der Waals surface area contributed by atoms with Crippen LogP contribution in [0.2, 0.25) is 0 Å². The molecule has 176 valence electrons. The Balaban J connectivity index is 1.72. The highest BCUT2D eigenvalue weighted by atomic mass is 32.2. The zero-order chi connectivity index (χ0) is 22.9. The van der Waals surface area contributed by atoms with Gasteiger partial charge in [-0.3, -0.25) is 0 Å². The summed E-state index contributed by atoms with van der Waals surface area (Å²) in [4.78, 5) is 0.0661. The van der Waals surface area contributed by atoms with Gasteiger partial charge in [0.25, 0.3) is 10.2 Å². The Labute approximate surface area is 185 Å². The van der Waals surface area contributed by atoms with Gasteiger partial charge in [0.15, 0.2) is 0 Å². The van der Waals surface area contributed by atoms with Crippen LogP contribution in [0.25, 0.3) is 0 Å². The van der Waals surface area contributed by atoms with Crippen LogP contribution in [-0.4, -0.2) is 94.8 Å². The van der Waals surface area contributed by atoms with Gasteiger partial charge in [0.2, 0.25) is 20.0 Å². The van der Waals surface area contributed by atoms with Crippen molar-refractivity contribution in [2.24, 2.45) is 0 Å². The standard InChI is InChI=1S/C18H30N4O6S3/c1-3-19(4-2)31(27,28)22-15-13-21(14-16-22)30(25,26)18-9-7-17(8-10-18)29(23,24)20-11-5-6-12-20/h7-10H,3-6,11-16H2,1-2H3. The van der Waals surface area contributed by atoms with Crippen molar-refractivity contribution in [2.75, 3.05) is 52.4 Å². The molecule has 1 aromatic rings. The topological polar surface area (TPSA) is 115 Å². The lowest BCUT2D eigenvalue weighted by Gasteiger charge is -2.35. The van der Waals surface area contributed by atoms with E-state index in [0.717, 1.165) is 12.8 Å². The molecule has 0 atom stereocenters. The number of hydrogen-bond donors (Lipinski definition) is 0. The second-order valence-corrected chi connectivity index (χ2v) is 13.3. The number of rotatable bonds is 8. The third kappa shape index (κ3) is 4.82. The number of hydrogen-bond acceptors (Lipinski definition) is 6. The van der Waals surface area contributed by atoms with Gasteiger partial charge in [0, 0.05) is 52.4 Å². The van der Waals surface area contributed by atoms with Gasteiger partial charge in [0.05, 0.1) is 9.79 Å². The summed E-state index contributed by atoms with van der Waals surface area (Å²) in [6.45, 7) is 5.39. The largest absolute Gasteiger partial charge is 0.282 e. The molecular formula is C18H30N4O6S3. The van der Waals surface area contributed by atoms with E-state index in [1.807, 2.05) is 0 Å². The molecule has 2 aliphatic heterocycles. The van der Waals surface area contributed by atoms with E-state index in [2.05, 4.69) is 0 Å². The minimum atomic E-state index is -3.85. The van der Waals surface area contributed by atoms with Gasteiger partial charge in [-0.25, -0.2) is 16.8 Å². The van der Waals surface area contributed by atoms with Gasteiger partial charge in [0.1, 0.15) is 0 Å². The Morgan fingerprint density at radius 2 is 1.00 bits per heavy atom. The first kappa shape index (κ1) is 24.6. The van der Waals surface area contributed by atoms with Crippen molar-refractivity contribution in [3.63, 3.8) is 0 Å². The van der Waals surface area contributed by atoms with E-state index >= 15 is 0 Å². The molecule has 0 aliphatic carbocycles. The summed E-state index contributed by atoms with van der Waals surface area (Å²) in [5.74, 6) is 0. The van der Waals surface area contributed by atoms with Gasteiger partial charge in [-0.1, -0.05) is 13.8 Å². The minimum absolute atomic E-state index is 0.00655. The summed E-state index contributed by atoms with van der Waals surface area (Å²) in [7, 11) is -11.1. The first-order valence-electron chi connectivity index (χ1n) is 10.4. The van der Waals surface area contributed by atoms with Crippen molar-refractivity contribution in [3.05, 3.63) is 24.3 Å². The van der Waals surface area contributed by atoms with E-state index in [-0.39, 0.29) is 36.0 Å². The van der Waals surface area contributed by atoms with Crippen LogP contribution >= 0.6 is 0 Å². The highest BCUT2D eigenvalue weighted by Gasteiger charge is 2.35. The van der Waals surface area contributed by atoms with Crippen molar-refractivity contribution in [3.8, 4) is 0 Å². The van der Waals surface area contributed by atoms with E-state index in [4.69, 9.17) is 0 Å². The van der Waals surface area contributed by atoms with Crippen LogP contribution < -0.4 is 0 Å². The molecule has 0 aromatic heterocycles. The molecule has 1 aromatic carbocycles. The molecule has 0 spiro atoms. The van der Waals surface area contributed by atoms with Crippen LogP contribution in [0.5, 0.6) is 0 Å². The molecule has 2 fully saturated rings. The average molecular weight is 495 g/mol. The second kappa shape index (κ2) is 9.41. The zero-order valence-corrected chi connectivity index (χ0v) is 20.3. The molecule has 0 N–H and O–H groups in total. The molecule has 13 heteroatoms. The lowest BCUT2D eigenvalue weighted by Crippen LogP contribution is -2.54. The van der Waals surface area contributed by atoms with Crippen LogP contribution in [0.1, 0.15) is 26.7 Å². The van der Waals surface area contributed by atoms with Crippen molar-refractivity contribution in [1.29, 1.82) is 0 Å². The van der Waals surface area contributed by atoms with Gasteiger partial charge in [-0.05, 0) is 37.1 Å². The molecule has 31 heavy (non-hydrogen) atoms. The van der Waals surface area contributed by atoms with E-state index in [9.17, 15) is 25.3 Å². The van der Waals surface area contributed by atoms with E-state index in [1.54, 1.807) is 13.8 Å². The molecule has 0 saturated carbocycles. The lowest BCUT2D eigenvalue weighted by molar-refractivity contribution is 0.256. The fourth-order valence-corrected chi connectivity index (χ4v) is 8.41. The monoisotopic (exact) mass is 494 g/mol. The normalized spacial score (nSPS) is 20.5. The Kier molecular flexibility index (Phi) is 7.46. The van der Waals surface area contributed by atoms with Crippen LogP contribution in [0.4, 0.5) is 0 Å². The van der Waals surface area contributed by atoms with Gasteiger partial charge < -0.3 is 0 Å². The average Bonchev–Trinajstić information content (AvgIpc) is 3.30. The Bertz CT molecular complexity index is 1070. The molecule has 0 bridgehead atoms. The highest BCUT2D eigenvalue weighted by molar-refractivity contribution is 7.89. The Morgan fingerprint density at radius 1 is 0.645 bits per heavy atom. The van der Waals surface area contributed by atoms with Crippen molar-refractivity contribution >= 4 is 30.3 Å². The van der Waals surface area contributed by atoms with Gasteiger partial charge in [-0.2, -0.15) is 25.6 Å². The second-order valence-electron chi connectivity index (χ2n) is 7.48. The maximum atomic E-state index is 13.0. The molecule has 2 saturated heterocycles.